The highest BCUT2D eigenvalue weighted by molar-refractivity contribution is 7.81. The van der Waals surface area contributed by atoms with Gasteiger partial charge in [-0.05, 0) is 63.5 Å². The molecule has 0 fully saturated rings. The molecule has 0 bridgehead atoms. The van der Waals surface area contributed by atoms with Crippen molar-refractivity contribution in [3.8, 4) is 5.75 Å². The van der Waals surface area contributed by atoms with E-state index in [4.69, 9.17) is 4.74 Å². The van der Waals surface area contributed by atoms with Gasteiger partial charge in [-0.2, -0.15) is 12.6 Å². The first kappa shape index (κ1) is 25.8. The Morgan fingerprint density at radius 2 is 1.92 bits per heavy atom. The van der Waals surface area contributed by atoms with Crippen molar-refractivity contribution in [3.63, 3.8) is 0 Å². The molecule has 0 aromatic heterocycles. The van der Waals surface area contributed by atoms with E-state index in [-0.39, 0.29) is 23.2 Å². The van der Waals surface area contributed by atoms with Crippen molar-refractivity contribution in [3.05, 3.63) is 81.6 Å². The van der Waals surface area contributed by atoms with E-state index in [0.717, 1.165) is 40.4 Å². The summed E-state index contributed by atoms with van der Waals surface area (Å²) in [6, 6.07) is 9.03. The van der Waals surface area contributed by atoms with Crippen molar-refractivity contribution in [1.29, 1.82) is 0 Å². The maximum absolute atomic E-state index is 12.6. The molecule has 4 rings (SSSR count). The minimum Gasteiger partial charge on any atom is -0.478 e. The van der Waals surface area contributed by atoms with Crippen molar-refractivity contribution in [2.24, 2.45) is 10.9 Å². The molecule has 3 unspecified atom stereocenters. The molecule has 0 amide bonds. The van der Waals surface area contributed by atoms with Gasteiger partial charge in [-0.1, -0.05) is 18.2 Å². The number of rotatable bonds is 7. The van der Waals surface area contributed by atoms with Gasteiger partial charge in [-0.25, -0.2) is 4.79 Å². The maximum atomic E-state index is 12.6. The summed E-state index contributed by atoms with van der Waals surface area (Å²) in [4.78, 5) is 29.7. The van der Waals surface area contributed by atoms with Crippen LogP contribution in [-0.4, -0.2) is 40.9 Å². The molecule has 2 N–H and O–H groups in total. The third-order valence-electron chi connectivity index (χ3n) is 6.70. The lowest BCUT2D eigenvalue weighted by molar-refractivity contribution is 0.0695. The minimum absolute atomic E-state index is 0.111. The fourth-order valence-corrected chi connectivity index (χ4v) is 5.14. The van der Waals surface area contributed by atoms with Gasteiger partial charge in [-0.15, -0.1) is 0 Å². The van der Waals surface area contributed by atoms with Crippen molar-refractivity contribution < 1.29 is 19.4 Å². The molecular formula is C29H32N2O4S. The summed E-state index contributed by atoms with van der Waals surface area (Å²) in [7, 11) is 0. The molecule has 2 aromatic carbocycles. The summed E-state index contributed by atoms with van der Waals surface area (Å²) in [6.07, 6.45) is 4.08. The number of carboxylic acid groups (broad SMARTS) is 1. The number of Topliss-reactive ketones (excluding diaryl/α,β-unsaturated/α-hetero) is 1. The number of nitrogens with zero attached hydrogens (tertiary/aromatic N) is 1. The molecule has 1 aliphatic heterocycles. The van der Waals surface area contributed by atoms with Gasteiger partial charge in [0.2, 0.25) is 0 Å². The molecule has 36 heavy (non-hydrogen) atoms. The summed E-state index contributed by atoms with van der Waals surface area (Å²) in [5.41, 5.74) is 5.92. The number of anilines is 1. The van der Waals surface area contributed by atoms with Gasteiger partial charge in [0.1, 0.15) is 11.5 Å². The zero-order valence-corrected chi connectivity index (χ0v) is 22.1. The molecule has 3 atom stereocenters. The number of aromatic carboxylic acids is 1. The number of benzene rings is 2. The summed E-state index contributed by atoms with van der Waals surface area (Å²) in [5, 5.41) is 13.0. The fourth-order valence-electron chi connectivity index (χ4n) is 4.99. The predicted octanol–water partition coefficient (Wildman–Crippen LogP) is 6.07. The molecular weight excluding hydrogens is 472 g/mol. The van der Waals surface area contributed by atoms with Crippen LogP contribution in [0.5, 0.6) is 5.75 Å². The van der Waals surface area contributed by atoms with E-state index in [2.05, 4.69) is 35.1 Å². The fraction of sp³-hybridized carbons (Fsp3) is 0.345. The lowest BCUT2D eigenvalue weighted by atomic mass is 9.73. The first-order valence-electron chi connectivity index (χ1n) is 12.3. The van der Waals surface area contributed by atoms with Crippen LogP contribution < -0.4 is 10.1 Å². The first-order chi connectivity index (χ1) is 17.2. The average Bonchev–Trinajstić information content (AvgIpc) is 2.83. The number of hydrogen-bond donors (Lipinski definition) is 3. The van der Waals surface area contributed by atoms with Gasteiger partial charge in [0, 0.05) is 53.9 Å². The molecule has 7 heteroatoms. The second kappa shape index (κ2) is 10.3. The number of carbonyl (C=O) groups is 2. The first-order valence-corrected chi connectivity index (χ1v) is 12.8. The smallest absolute Gasteiger partial charge is 0.336 e. The van der Waals surface area contributed by atoms with Gasteiger partial charge in [0.15, 0.2) is 5.78 Å². The van der Waals surface area contributed by atoms with Gasteiger partial charge in [0.05, 0.1) is 16.5 Å². The SMILES string of the molecule is CC/N=C1/C=C2Oc3cc(NCC)c(C)cc3C(c3ccc(C(=O)C(C)S)cc3C(=O)O)C2C=C1C. The van der Waals surface area contributed by atoms with Gasteiger partial charge in [0.25, 0.3) is 0 Å². The molecule has 188 valence electrons. The predicted molar refractivity (Wildman–Crippen MR) is 147 cm³/mol. The average molecular weight is 505 g/mol. The number of aryl methyl sites for hydroxylation is 1. The van der Waals surface area contributed by atoms with Crippen molar-refractivity contribution >= 4 is 35.8 Å². The van der Waals surface area contributed by atoms with E-state index in [1.807, 2.05) is 39.8 Å². The number of thiol groups is 1. The van der Waals surface area contributed by atoms with Crippen LogP contribution in [0.25, 0.3) is 0 Å². The molecule has 6 nitrogen and oxygen atoms in total. The van der Waals surface area contributed by atoms with Crippen LogP contribution in [0.1, 0.15) is 71.0 Å². The zero-order chi connectivity index (χ0) is 26.1. The number of carboxylic acids is 1. The van der Waals surface area contributed by atoms with Crippen LogP contribution >= 0.6 is 12.6 Å². The lowest BCUT2D eigenvalue weighted by Crippen LogP contribution is -2.29. The maximum Gasteiger partial charge on any atom is 0.336 e. The lowest BCUT2D eigenvalue weighted by Gasteiger charge is -2.37. The molecule has 0 radical (unpaired) electrons. The Morgan fingerprint density at radius 3 is 2.56 bits per heavy atom. The van der Waals surface area contributed by atoms with Crippen LogP contribution in [0, 0.1) is 12.8 Å². The third-order valence-corrected chi connectivity index (χ3v) is 6.93. The highest BCUT2D eigenvalue weighted by Crippen LogP contribution is 2.50. The Hall–Kier alpha value is -3.32. The van der Waals surface area contributed by atoms with Gasteiger partial charge in [-0.3, -0.25) is 9.79 Å². The van der Waals surface area contributed by atoms with Crippen LogP contribution in [0.2, 0.25) is 0 Å². The second-order valence-electron chi connectivity index (χ2n) is 9.24. The normalized spacial score (nSPS) is 20.4. The summed E-state index contributed by atoms with van der Waals surface area (Å²) >= 11 is 4.24. The quantitative estimate of drug-likeness (QED) is 0.315. The Labute approximate surface area is 217 Å². The summed E-state index contributed by atoms with van der Waals surface area (Å²) < 4.78 is 6.43. The van der Waals surface area contributed by atoms with E-state index in [1.54, 1.807) is 19.1 Å². The second-order valence-corrected chi connectivity index (χ2v) is 10.0. The van der Waals surface area contributed by atoms with Gasteiger partial charge < -0.3 is 15.2 Å². The van der Waals surface area contributed by atoms with Crippen LogP contribution in [0.3, 0.4) is 0 Å². The van der Waals surface area contributed by atoms with E-state index in [1.165, 1.54) is 6.07 Å². The highest BCUT2D eigenvalue weighted by Gasteiger charge is 2.39. The topological polar surface area (TPSA) is 88.0 Å². The molecule has 1 heterocycles. The van der Waals surface area contributed by atoms with E-state index < -0.39 is 11.2 Å². The van der Waals surface area contributed by atoms with Crippen molar-refractivity contribution in [2.75, 3.05) is 18.4 Å². The van der Waals surface area contributed by atoms with E-state index >= 15 is 0 Å². The monoisotopic (exact) mass is 504 g/mol. The molecule has 1 aliphatic carbocycles. The van der Waals surface area contributed by atoms with Crippen LogP contribution in [0.15, 0.2) is 58.8 Å². The number of nitrogens with one attached hydrogen (secondary N) is 1. The van der Waals surface area contributed by atoms with E-state index in [0.29, 0.717) is 23.4 Å². The molecule has 2 aromatic rings. The highest BCUT2D eigenvalue weighted by atomic mass is 32.1. The number of allylic oxidation sites excluding steroid dienone is 3. The molecule has 2 aliphatic rings. The van der Waals surface area contributed by atoms with Gasteiger partial charge >= 0.3 is 5.97 Å². The number of ether oxygens (including phenoxy) is 1. The number of ketones is 1. The minimum atomic E-state index is -1.07. The largest absolute Gasteiger partial charge is 0.478 e. The standard InChI is InChI=1S/C29H32N2O4S/c1-6-30-23-13-25-21(10-15(23)3)27(22-11-16(4)24(31-7-2)14-26(22)35-25)19-9-8-18(28(32)17(5)36)12-20(19)29(33)34/h8-14,17,21,27,31,36H,6-7H2,1-5H3,(H,33,34)/b30-23-. The summed E-state index contributed by atoms with van der Waals surface area (Å²) in [5.74, 6) is -0.376. The number of hydrogen-bond acceptors (Lipinski definition) is 6. The number of fused-ring (bicyclic) bond motifs is 2. The number of carbonyl (C=O) groups excluding carboxylic acids is 1. The Balaban J connectivity index is 1.96. The Kier molecular flexibility index (Phi) is 7.41. The molecule has 0 saturated carbocycles. The Morgan fingerprint density at radius 1 is 1.17 bits per heavy atom. The molecule has 0 saturated heterocycles. The molecule has 0 spiro atoms. The zero-order valence-electron chi connectivity index (χ0n) is 21.3. The number of aliphatic imine (C=N–C) groups is 1. The Bertz CT molecular complexity index is 1320. The van der Waals surface area contributed by atoms with E-state index in [9.17, 15) is 14.7 Å². The van der Waals surface area contributed by atoms with Crippen LogP contribution in [0.4, 0.5) is 5.69 Å². The van der Waals surface area contributed by atoms with Crippen molar-refractivity contribution in [2.45, 2.75) is 45.8 Å². The van der Waals surface area contributed by atoms with Crippen LogP contribution in [-0.2, 0) is 0 Å². The summed E-state index contributed by atoms with van der Waals surface area (Å²) in [6.45, 7) is 11.2. The van der Waals surface area contributed by atoms with Crippen molar-refractivity contribution in [1.82, 2.24) is 0 Å². The third kappa shape index (κ3) is 4.72.